The van der Waals surface area contributed by atoms with E-state index in [0.29, 0.717) is 71.4 Å². The SMILES string of the molecule is C=C(C)C#N.CC.CC.N#Cc1ccc(-c2ccc3c(c2)c2cc(-c4ccc(C#N)cc4)ccc2n3-c2ccc(C(F)(F)F)c(-c3cc(-n4c5ccc(-c6ccc(C#N)cc6)cc5c5cc(-c6ccc(C#N)cc6)ccc54)ccc3C(F)(F)F)c2)cc1. The van der Waals surface area contributed by atoms with Gasteiger partial charge in [-0.15, -0.1) is 0 Å². The molecule has 0 aliphatic carbocycles. The molecule has 0 saturated heterocycles. The summed E-state index contributed by atoms with van der Waals surface area (Å²) in [6.07, 6.45) is -10.2. The zero-order chi connectivity index (χ0) is 62.3. The molecule has 0 atom stereocenters. The Hall–Kier alpha value is -11.4. The van der Waals surface area contributed by atoms with Crippen LogP contribution in [0, 0.1) is 56.7 Å². The number of nitrogens with zero attached hydrogens (tertiary/aromatic N) is 7. The smallest absolute Gasteiger partial charge is 0.309 e. The topological polar surface area (TPSA) is 129 Å². The molecule has 7 nitrogen and oxygen atoms in total. The van der Waals surface area contributed by atoms with E-state index in [2.05, 4.69) is 30.9 Å². The van der Waals surface area contributed by atoms with Crippen LogP contribution in [-0.2, 0) is 12.4 Å². The molecular formula is C74H51F6N7. The Morgan fingerprint density at radius 3 is 0.747 bits per heavy atom. The van der Waals surface area contributed by atoms with Gasteiger partial charge in [-0.2, -0.15) is 52.7 Å². The Labute approximate surface area is 499 Å². The van der Waals surface area contributed by atoms with Crippen LogP contribution in [0.4, 0.5) is 26.3 Å². The lowest BCUT2D eigenvalue weighted by Gasteiger charge is -2.21. The molecule has 0 amide bonds. The Morgan fingerprint density at radius 1 is 0.333 bits per heavy atom. The minimum absolute atomic E-state index is 0.177. The fourth-order valence-electron chi connectivity index (χ4n) is 10.6. The van der Waals surface area contributed by atoms with Crippen LogP contribution in [0.15, 0.2) is 218 Å². The van der Waals surface area contributed by atoms with Gasteiger partial charge in [-0.1, -0.05) is 107 Å². The van der Waals surface area contributed by atoms with Crippen LogP contribution in [0.1, 0.15) is 68.0 Å². The lowest BCUT2D eigenvalue weighted by Crippen LogP contribution is -2.12. The summed E-state index contributed by atoms with van der Waals surface area (Å²) in [6.45, 7) is 13.0. The average molecular weight is 1150 g/mol. The Kier molecular flexibility index (Phi) is 17.4. The highest BCUT2D eigenvalue weighted by Crippen LogP contribution is 2.47. The van der Waals surface area contributed by atoms with Gasteiger partial charge in [-0.3, -0.25) is 0 Å². The van der Waals surface area contributed by atoms with Gasteiger partial charge in [-0.05, 0) is 196 Å². The van der Waals surface area contributed by atoms with Crippen LogP contribution in [-0.4, -0.2) is 9.13 Å². The van der Waals surface area contributed by atoms with E-state index in [9.17, 15) is 21.0 Å². The summed E-state index contributed by atoms with van der Waals surface area (Å²) >= 11 is 0. The molecule has 87 heavy (non-hydrogen) atoms. The molecule has 2 aromatic heterocycles. The van der Waals surface area contributed by atoms with Gasteiger partial charge in [0, 0.05) is 38.5 Å². The predicted octanol–water partition coefficient (Wildman–Crippen LogP) is 20.9. The number of alkyl halides is 6. The average Bonchev–Trinajstić information content (AvgIpc) is 1.74. The molecule has 0 spiro atoms. The Balaban J connectivity index is 0.000000946. The fraction of sp³-hybridized carbons (Fsp3) is 0.0946. The van der Waals surface area contributed by atoms with E-state index in [-0.39, 0.29) is 11.4 Å². The maximum absolute atomic E-state index is 15.5. The van der Waals surface area contributed by atoms with E-state index < -0.39 is 34.6 Å². The van der Waals surface area contributed by atoms with Crippen molar-refractivity contribution in [2.24, 2.45) is 0 Å². The minimum Gasteiger partial charge on any atom is -0.309 e. The lowest BCUT2D eigenvalue weighted by molar-refractivity contribution is -0.139. The molecule has 0 fully saturated rings. The third kappa shape index (κ3) is 12.0. The molecule has 10 aromatic carbocycles. The third-order valence-corrected chi connectivity index (χ3v) is 14.5. The first kappa shape index (κ1) is 60.2. The molecular weight excluding hydrogens is 1100 g/mol. The van der Waals surface area contributed by atoms with Crippen LogP contribution in [0.3, 0.4) is 0 Å². The summed E-state index contributed by atoms with van der Waals surface area (Å²) in [6, 6.07) is 67.5. The van der Waals surface area contributed by atoms with Crippen molar-refractivity contribution in [2.45, 2.75) is 47.0 Å². The van der Waals surface area contributed by atoms with E-state index in [1.165, 1.54) is 24.3 Å². The maximum Gasteiger partial charge on any atom is 0.417 e. The van der Waals surface area contributed by atoms with Gasteiger partial charge >= 0.3 is 12.4 Å². The highest BCUT2D eigenvalue weighted by molar-refractivity contribution is 6.13. The van der Waals surface area contributed by atoms with Crippen LogP contribution in [0.25, 0.3) is 111 Å². The highest BCUT2D eigenvalue weighted by atomic mass is 19.4. The van der Waals surface area contributed by atoms with Crippen LogP contribution in [0.5, 0.6) is 0 Å². The van der Waals surface area contributed by atoms with Crippen molar-refractivity contribution in [1.29, 1.82) is 26.3 Å². The van der Waals surface area contributed by atoms with E-state index >= 15 is 26.3 Å². The summed E-state index contributed by atoms with van der Waals surface area (Å²) in [4.78, 5) is 0. The van der Waals surface area contributed by atoms with Gasteiger partial charge in [0.2, 0.25) is 0 Å². The van der Waals surface area contributed by atoms with Crippen molar-refractivity contribution in [2.75, 3.05) is 0 Å². The molecule has 12 aromatic rings. The quantitative estimate of drug-likeness (QED) is 0.116. The molecule has 0 bridgehead atoms. The minimum atomic E-state index is -5.09. The van der Waals surface area contributed by atoms with Gasteiger partial charge in [0.15, 0.2) is 0 Å². The predicted molar refractivity (Wildman–Crippen MR) is 334 cm³/mol. The van der Waals surface area contributed by atoms with E-state index in [0.717, 1.165) is 56.6 Å². The van der Waals surface area contributed by atoms with Gasteiger partial charge in [0.1, 0.15) is 0 Å². The molecule has 424 valence electrons. The number of benzene rings is 10. The van der Waals surface area contributed by atoms with Gasteiger partial charge < -0.3 is 9.13 Å². The van der Waals surface area contributed by atoms with Crippen LogP contribution in [0.2, 0.25) is 0 Å². The number of halogens is 6. The summed E-state index contributed by atoms with van der Waals surface area (Å²) in [5.41, 5.74) is 7.57. The molecule has 2 heterocycles. The lowest BCUT2D eigenvalue weighted by atomic mass is 9.93. The Morgan fingerprint density at radius 2 is 0.552 bits per heavy atom. The molecule has 12 rings (SSSR count). The van der Waals surface area contributed by atoms with Crippen molar-refractivity contribution in [3.63, 3.8) is 0 Å². The van der Waals surface area contributed by atoms with E-state index in [1.54, 1.807) is 64.6 Å². The van der Waals surface area contributed by atoms with Gasteiger partial charge in [-0.25, -0.2) is 0 Å². The second kappa shape index (κ2) is 25.2. The molecule has 0 aliphatic heterocycles. The molecule has 0 saturated carbocycles. The van der Waals surface area contributed by atoms with Crippen LogP contribution < -0.4 is 0 Å². The van der Waals surface area contributed by atoms with Crippen molar-refractivity contribution in [3.8, 4) is 97.4 Å². The molecule has 0 aliphatic rings. The molecule has 0 unspecified atom stereocenters. The summed E-state index contributed by atoms with van der Waals surface area (Å²) in [5.74, 6) is 0. The maximum atomic E-state index is 15.5. The zero-order valence-electron chi connectivity index (χ0n) is 47.7. The van der Waals surface area contributed by atoms with Gasteiger partial charge in [0.25, 0.3) is 0 Å². The molecule has 0 N–H and O–H groups in total. The summed E-state index contributed by atoms with van der Waals surface area (Å²) < 4.78 is 96.6. The normalized spacial score (nSPS) is 10.9. The second-order valence-electron chi connectivity index (χ2n) is 19.7. The number of allylic oxidation sites excluding steroid dienone is 1. The third-order valence-electron chi connectivity index (χ3n) is 14.5. The first-order valence-electron chi connectivity index (χ1n) is 27.7. The number of rotatable bonds is 7. The van der Waals surface area contributed by atoms with Crippen molar-refractivity contribution in [3.05, 3.63) is 252 Å². The molecule has 0 radical (unpaired) electrons. The first-order chi connectivity index (χ1) is 42.0. The summed E-state index contributed by atoms with van der Waals surface area (Å²) in [5, 5.41) is 48.5. The largest absolute Gasteiger partial charge is 0.417 e. The van der Waals surface area contributed by atoms with E-state index in [1.807, 2.05) is 155 Å². The highest BCUT2D eigenvalue weighted by Gasteiger charge is 2.39. The number of hydrogen-bond donors (Lipinski definition) is 0. The fourth-order valence-corrected chi connectivity index (χ4v) is 10.6. The second-order valence-corrected chi connectivity index (χ2v) is 19.7. The number of nitriles is 5. The first-order valence-corrected chi connectivity index (χ1v) is 27.7. The summed E-state index contributed by atoms with van der Waals surface area (Å²) in [7, 11) is 0. The van der Waals surface area contributed by atoms with Crippen molar-refractivity contribution < 1.29 is 26.3 Å². The molecule has 13 heteroatoms. The van der Waals surface area contributed by atoms with E-state index in [4.69, 9.17) is 5.26 Å². The van der Waals surface area contributed by atoms with Crippen molar-refractivity contribution in [1.82, 2.24) is 9.13 Å². The van der Waals surface area contributed by atoms with Crippen molar-refractivity contribution >= 4 is 43.6 Å². The number of aromatic nitrogens is 2. The number of hydrogen-bond acceptors (Lipinski definition) is 5. The van der Waals surface area contributed by atoms with Gasteiger partial charge in [0.05, 0.1) is 85.8 Å². The zero-order valence-corrected chi connectivity index (χ0v) is 47.7. The standard InChI is InChI=1S/C66H34F6N6.C4H5N.2C2H6/c67-65(68,69)59-23-21-51(77-61-25-17-47(43-9-1-39(35-73)2-10-43)29-55(61)56-30-48(18-26-62(56)77)44-11-3-40(36-74)4-12-44)33-53(59)54-34-52(22-24-60(54)66(70,71)72)78-63-27-19-49(45-13-5-41(37-75)6-14-45)31-57(63)58-32-50(20-28-64(58)78)46-15-7-42(38-76)8-16-46;1-4(2)3-5;2*1-2/h1-34H;1H2,2H3;2*1-2H3. The Bertz CT molecular complexity index is 4290. The monoisotopic (exact) mass is 1150 g/mol. The van der Waals surface area contributed by atoms with Crippen LogP contribution >= 0.6 is 0 Å². The number of fused-ring (bicyclic) bond motifs is 6.